The van der Waals surface area contributed by atoms with Crippen molar-refractivity contribution < 1.29 is 9.59 Å². The van der Waals surface area contributed by atoms with Crippen LogP contribution in [0, 0.1) is 0 Å². The fourth-order valence-corrected chi connectivity index (χ4v) is 1.04. The van der Waals surface area contributed by atoms with Crippen molar-refractivity contribution in [1.29, 1.82) is 0 Å². The molecule has 4 heteroatoms. The number of carbonyl (C=O) groups is 2. The highest BCUT2D eigenvalue weighted by atomic mass is 16.1. The van der Waals surface area contributed by atoms with E-state index in [9.17, 15) is 9.59 Å². The van der Waals surface area contributed by atoms with E-state index in [4.69, 9.17) is 5.73 Å². The Morgan fingerprint density at radius 2 is 2.31 bits per heavy atom. The fraction of sp³-hybridized carbons (Fsp3) is 0.111. The second-order valence-electron chi connectivity index (χ2n) is 2.61. The summed E-state index contributed by atoms with van der Waals surface area (Å²) in [6.07, 6.45) is 0.776. The van der Waals surface area contributed by atoms with Crippen molar-refractivity contribution in [2.24, 2.45) is 5.73 Å². The van der Waals surface area contributed by atoms with Crippen molar-refractivity contribution in [3.8, 4) is 0 Å². The van der Waals surface area contributed by atoms with Gasteiger partial charge in [0.25, 0.3) is 0 Å². The minimum Gasteiger partial charge on any atom is -0.369 e. The highest BCUT2D eigenvalue weighted by molar-refractivity contribution is 5.78. The van der Waals surface area contributed by atoms with Crippen molar-refractivity contribution in [2.75, 3.05) is 5.32 Å². The van der Waals surface area contributed by atoms with Crippen LogP contribution in [0.3, 0.4) is 0 Å². The van der Waals surface area contributed by atoms with Gasteiger partial charge in [-0.1, -0.05) is 12.1 Å². The maximum Gasteiger partial charge on any atom is 0.221 e. The molecule has 0 aliphatic carbocycles. The van der Waals surface area contributed by atoms with Crippen molar-refractivity contribution in [2.45, 2.75) is 6.42 Å². The second-order valence-corrected chi connectivity index (χ2v) is 2.61. The Morgan fingerprint density at radius 1 is 1.54 bits per heavy atom. The third kappa shape index (κ3) is 2.94. The molecular weight excluding hydrogens is 168 g/mol. The number of amides is 2. The summed E-state index contributed by atoms with van der Waals surface area (Å²) in [5.41, 5.74) is 6.47. The van der Waals surface area contributed by atoms with E-state index in [0.717, 1.165) is 5.56 Å². The molecule has 0 aliphatic heterocycles. The lowest BCUT2D eigenvalue weighted by Crippen LogP contribution is -2.13. The van der Waals surface area contributed by atoms with E-state index in [1.54, 1.807) is 24.3 Å². The predicted molar refractivity (Wildman–Crippen MR) is 49.0 cm³/mol. The number of nitrogens with two attached hydrogens (primary N) is 1. The van der Waals surface area contributed by atoms with Crippen LogP contribution >= 0.6 is 0 Å². The van der Waals surface area contributed by atoms with Crippen molar-refractivity contribution in [3.05, 3.63) is 29.8 Å². The smallest absolute Gasteiger partial charge is 0.221 e. The van der Waals surface area contributed by atoms with Crippen LogP contribution in [0.5, 0.6) is 0 Å². The number of carbonyl (C=O) groups excluding carboxylic acids is 2. The Morgan fingerprint density at radius 3 is 2.92 bits per heavy atom. The second kappa shape index (κ2) is 4.25. The third-order valence-corrected chi connectivity index (χ3v) is 1.53. The lowest BCUT2D eigenvalue weighted by molar-refractivity contribution is -0.117. The first-order valence-electron chi connectivity index (χ1n) is 3.80. The number of nitrogens with one attached hydrogen (secondary N) is 1. The summed E-state index contributed by atoms with van der Waals surface area (Å²) in [5, 5.41) is 2.49. The number of hydrogen-bond acceptors (Lipinski definition) is 2. The molecule has 0 saturated carbocycles. The van der Waals surface area contributed by atoms with Gasteiger partial charge in [-0.3, -0.25) is 9.59 Å². The summed E-state index contributed by atoms with van der Waals surface area (Å²) in [5.74, 6) is -0.386. The molecule has 1 rings (SSSR count). The van der Waals surface area contributed by atoms with Crippen LogP contribution < -0.4 is 11.1 Å². The van der Waals surface area contributed by atoms with Gasteiger partial charge < -0.3 is 11.1 Å². The van der Waals surface area contributed by atoms with Crippen LogP contribution in [-0.4, -0.2) is 12.3 Å². The lowest BCUT2D eigenvalue weighted by Gasteiger charge is -2.01. The molecule has 4 nitrogen and oxygen atoms in total. The molecule has 2 amide bonds. The molecule has 0 aromatic heterocycles. The molecule has 0 spiro atoms. The van der Waals surface area contributed by atoms with Crippen molar-refractivity contribution in [1.82, 2.24) is 0 Å². The van der Waals surface area contributed by atoms with Crippen molar-refractivity contribution >= 4 is 18.0 Å². The third-order valence-electron chi connectivity index (χ3n) is 1.53. The van der Waals surface area contributed by atoms with Gasteiger partial charge in [0.15, 0.2) is 0 Å². The predicted octanol–water partition coefficient (Wildman–Crippen LogP) is 0.283. The Balaban J connectivity index is 2.78. The zero-order valence-electron chi connectivity index (χ0n) is 6.99. The van der Waals surface area contributed by atoms with Crippen LogP contribution in [0.1, 0.15) is 5.56 Å². The van der Waals surface area contributed by atoms with Gasteiger partial charge in [0.05, 0.1) is 6.42 Å². The Bertz CT molecular complexity index is 323. The van der Waals surface area contributed by atoms with Gasteiger partial charge in [-0.05, 0) is 17.7 Å². The summed E-state index contributed by atoms with van der Waals surface area (Å²) >= 11 is 0. The van der Waals surface area contributed by atoms with Crippen molar-refractivity contribution in [3.63, 3.8) is 0 Å². The minimum absolute atomic E-state index is 0.189. The summed E-state index contributed by atoms with van der Waals surface area (Å²) in [7, 11) is 0. The summed E-state index contributed by atoms with van der Waals surface area (Å²) in [6, 6.07) is 6.98. The van der Waals surface area contributed by atoms with Gasteiger partial charge in [0.2, 0.25) is 12.3 Å². The largest absolute Gasteiger partial charge is 0.369 e. The van der Waals surface area contributed by atoms with E-state index in [1.807, 2.05) is 0 Å². The Kier molecular flexibility index (Phi) is 3.03. The normalized spacial score (nSPS) is 9.23. The first-order chi connectivity index (χ1) is 6.22. The van der Waals surface area contributed by atoms with E-state index in [-0.39, 0.29) is 12.3 Å². The van der Waals surface area contributed by atoms with Crippen LogP contribution in [-0.2, 0) is 16.0 Å². The van der Waals surface area contributed by atoms with Crippen LogP contribution in [0.2, 0.25) is 0 Å². The molecule has 0 heterocycles. The number of hydrogen-bond donors (Lipinski definition) is 2. The molecule has 0 atom stereocenters. The molecule has 3 N–H and O–H groups in total. The van der Waals surface area contributed by atoms with Gasteiger partial charge in [0.1, 0.15) is 0 Å². The van der Waals surface area contributed by atoms with Gasteiger partial charge in [-0.25, -0.2) is 0 Å². The monoisotopic (exact) mass is 178 g/mol. The van der Waals surface area contributed by atoms with Gasteiger partial charge in [-0.15, -0.1) is 0 Å². The number of primary amides is 1. The zero-order chi connectivity index (χ0) is 9.68. The molecule has 0 bridgehead atoms. The SMILES string of the molecule is NC(=O)Cc1cccc(NC=O)c1. The van der Waals surface area contributed by atoms with Gasteiger partial charge in [-0.2, -0.15) is 0 Å². The van der Waals surface area contributed by atoms with Crippen LogP contribution in [0.25, 0.3) is 0 Å². The topological polar surface area (TPSA) is 72.2 Å². The molecule has 1 aromatic carbocycles. The minimum atomic E-state index is -0.386. The molecule has 0 saturated heterocycles. The molecule has 0 unspecified atom stereocenters. The molecule has 0 aliphatic rings. The average Bonchev–Trinajstić information content (AvgIpc) is 2.04. The average molecular weight is 178 g/mol. The lowest BCUT2D eigenvalue weighted by atomic mass is 10.1. The zero-order valence-corrected chi connectivity index (χ0v) is 6.99. The highest BCUT2D eigenvalue weighted by Gasteiger charge is 1.98. The molecule has 68 valence electrons. The Labute approximate surface area is 75.7 Å². The van der Waals surface area contributed by atoms with E-state index in [2.05, 4.69) is 5.32 Å². The first-order valence-corrected chi connectivity index (χ1v) is 3.80. The standard InChI is InChI=1S/C9H10N2O2/c10-9(13)5-7-2-1-3-8(4-7)11-6-12/h1-4,6H,5H2,(H2,10,13)(H,11,12). The van der Waals surface area contributed by atoms with E-state index < -0.39 is 0 Å². The van der Waals surface area contributed by atoms with E-state index in [1.165, 1.54) is 0 Å². The Hall–Kier alpha value is -1.84. The number of anilines is 1. The molecule has 0 radical (unpaired) electrons. The summed E-state index contributed by atoms with van der Waals surface area (Å²) in [6.45, 7) is 0. The summed E-state index contributed by atoms with van der Waals surface area (Å²) < 4.78 is 0. The molecular formula is C9H10N2O2. The van der Waals surface area contributed by atoms with Gasteiger partial charge >= 0.3 is 0 Å². The molecule has 13 heavy (non-hydrogen) atoms. The maximum atomic E-state index is 10.6. The van der Waals surface area contributed by atoms with Crippen LogP contribution in [0.15, 0.2) is 24.3 Å². The van der Waals surface area contributed by atoms with Crippen LogP contribution in [0.4, 0.5) is 5.69 Å². The molecule has 0 fully saturated rings. The first kappa shape index (κ1) is 9.25. The highest BCUT2D eigenvalue weighted by Crippen LogP contribution is 2.09. The van der Waals surface area contributed by atoms with Gasteiger partial charge in [0, 0.05) is 5.69 Å². The quantitative estimate of drug-likeness (QED) is 0.650. The maximum absolute atomic E-state index is 10.6. The number of benzene rings is 1. The fourth-order valence-electron chi connectivity index (χ4n) is 1.04. The van der Waals surface area contributed by atoms with E-state index >= 15 is 0 Å². The summed E-state index contributed by atoms with van der Waals surface area (Å²) in [4.78, 5) is 20.7. The van der Waals surface area contributed by atoms with E-state index in [0.29, 0.717) is 12.1 Å². The molecule has 1 aromatic rings. The number of rotatable bonds is 4.